The number of aromatic nitrogens is 2. The fourth-order valence-electron chi connectivity index (χ4n) is 2.53. The lowest BCUT2D eigenvalue weighted by molar-refractivity contribution is 0.100. The third-order valence-electron chi connectivity index (χ3n) is 3.67. The number of H-pyrrole nitrogens is 1. The van der Waals surface area contributed by atoms with Gasteiger partial charge in [0.1, 0.15) is 10.6 Å². The van der Waals surface area contributed by atoms with Gasteiger partial charge < -0.3 is 15.5 Å². The van der Waals surface area contributed by atoms with Crippen molar-refractivity contribution in [1.82, 2.24) is 9.97 Å². The number of benzene rings is 2. The lowest BCUT2D eigenvalue weighted by atomic mass is 10.1. The van der Waals surface area contributed by atoms with E-state index in [4.69, 9.17) is 10.5 Å². The van der Waals surface area contributed by atoms with Gasteiger partial charge in [-0.3, -0.25) is 4.79 Å². The monoisotopic (exact) mass is 372 g/mol. The van der Waals surface area contributed by atoms with Gasteiger partial charge >= 0.3 is 0 Å². The van der Waals surface area contributed by atoms with E-state index in [9.17, 15) is 13.2 Å². The number of aromatic amines is 1. The summed E-state index contributed by atoms with van der Waals surface area (Å²) in [6.45, 7) is 0. The van der Waals surface area contributed by atoms with Gasteiger partial charge in [0.15, 0.2) is 5.82 Å². The quantitative estimate of drug-likeness (QED) is 0.686. The van der Waals surface area contributed by atoms with Gasteiger partial charge in [-0.05, 0) is 24.3 Å². The topological polar surface area (TPSA) is 118 Å². The molecule has 0 aliphatic carbocycles. The molecule has 0 atom stereocenters. The smallest absolute Gasteiger partial charge is 0.273 e. The van der Waals surface area contributed by atoms with Gasteiger partial charge in [-0.25, -0.2) is 17.7 Å². The van der Waals surface area contributed by atoms with E-state index in [1.165, 1.54) is 43.9 Å². The van der Waals surface area contributed by atoms with Crippen LogP contribution >= 0.6 is 0 Å². The molecule has 0 radical (unpaired) electrons. The minimum absolute atomic E-state index is 0.0500. The fourth-order valence-corrected chi connectivity index (χ4v) is 4.15. The number of hydrogen-bond donors (Lipinski definition) is 2. The molecular formula is C17H16N4O4S. The number of nitrogens with zero attached hydrogens (tertiary/aromatic N) is 2. The van der Waals surface area contributed by atoms with E-state index < -0.39 is 15.9 Å². The molecule has 1 aromatic heterocycles. The highest BCUT2D eigenvalue weighted by Gasteiger charge is 2.32. The molecule has 0 aliphatic heterocycles. The van der Waals surface area contributed by atoms with Crippen molar-refractivity contribution in [1.29, 1.82) is 0 Å². The summed E-state index contributed by atoms with van der Waals surface area (Å²) in [4.78, 5) is 18.5. The summed E-state index contributed by atoms with van der Waals surface area (Å²) in [6.07, 6.45) is 2.75. The number of ether oxygens (including phenoxy) is 1. The van der Waals surface area contributed by atoms with Gasteiger partial charge in [0.25, 0.3) is 15.9 Å². The standard InChI is InChI=1S/C17H16N4O4S/c1-25-14-8-4-5-9-15(14)26(23,24)21(16-10-19-11-20-16)13-7-3-2-6-12(13)17(18)22/h2-11H,1H3,(H2,18,22)(H,19,20). The molecule has 0 saturated carbocycles. The molecule has 2 aromatic carbocycles. The first kappa shape index (κ1) is 17.5. The normalized spacial score (nSPS) is 11.1. The average molecular weight is 372 g/mol. The number of methoxy groups -OCH3 is 1. The maximum absolute atomic E-state index is 13.4. The number of carbonyl (C=O) groups excluding carboxylic acids is 1. The molecule has 0 fully saturated rings. The van der Waals surface area contributed by atoms with E-state index in [1.807, 2.05) is 0 Å². The maximum Gasteiger partial charge on any atom is 0.273 e. The summed E-state index contributed by atoms with van der Waals surface area (Å²) in [5.41, 5.74) is 5.58. The summed E-state index contributed by atoms with van der Waals surface area (Å²) in [7, 11) is -2.78. The molecule has 0 spiro atoms. The van der Waals surface area contributed by atoms with Crippen molar-refractivity contribution in [2.45, 2.75) is 4.90 Å². The number of primary amides is 1. The van der Waals surface area contributed by atoms with Gasteiger partial charge in [-0.1, -0.05) is 24.3 Å². The second kappa shape index (κ2) is 6.89. The summed E-state index contributed by atoms with van der Waals surface area (Å²) in [5, 5.41) is 0. The number of amides is 1. The van der Waals surface area contributed by atoms with Gasteiger partial charge in [0, 0.05) is 6.20 Å². The Morgan fingerprint density at radius 1 is 1.15 bits per heavy atom. The first-order chi connectivity index (χ1) is 12.5. The van der Waals surface area contributed by atoms with Crippen LogP contribution in [0.1, 0.15) is 10.4 Å². The molecule has 26 heavy (non-hydrogen) atoms. The van der Waals surface area contributed by atoms with Crippen molar-refractivity contribution >= 4 is 27.4 Å². The number of hydrogen-bond acceptors (Lipinski definition) is 5. The minimum atomic E-state index is -4.16. The number of rotatable bonds is 6. The highest BCUT2D eigenvalue weighted by molar-refractivity contribution is 7.93. The first-order valence-electron chi connectivity index (χ1n) is 7.52. The van der Waals surface area contributed by atoms with Crippen LogP contribution in [0.25, 0.3) is 0 Å². The third-order valence-corrected chi connectivity index (χ3v) is 5.43. The van der Waals surface area contributed by atoms with Crippen molar-refractivity contribution < 1.29 is 17.9 Å². The van der Waals surface area contributed by atoms with Crippen LogP contribution in [0.15, 0.2) is 66.0 Å². The zero-order chi connectivity index (χ0) is 18.7. The molecule has 9 heteroatoms. The van der Waals surface area contributed by atoms with E-state index >= 15 is 0 Å². The van der Waals surface area contributed by atoms with Crippen molar-refractivity contribution in [3.63, 3.8) is 0 Å². The first-order valence-corrected chi connectivity index (χ1v) is 8.97. The van der Waals surface area contributed by atoms with E-state index in [0.717, 1.165) is 4.31 Å². The second-order valence-electron chi connectivity index (χ2n) is 5.23. The maximum atomic E-state index is 13.4. The molecule has 0 saturated heterocycles. The molecule has 3 aromatic rings. The van der Waals surface area contributed by atoms with Gasteiger partial charge in [-0.2, -0.15) is 0 Å². The highest BCUT2D eigenvalue weighted by Crippen LogP contribution is 2.36. The Labute approximate surface area is 150 Å². The Kier molecular flexibility index (Phi) is 4.63. The lowest BCUT2D eigenvalue weighted by Crippen LogP contribution is -2.29. The van der Waals surface area contributed by atoms with E-state index in [-0.39, 0.29) is 27.7 Å². The summed E-state index contributed by atoms with van der Waals surface area (Å²) < 4.78 is 33.0. The highest BCUT2D eigenvalue weighted by atomic mass is 32.2. The largest absolute Gasteiger partial charge is 0.495 e. The molecule has 0 aliphatic rings. The number of anilines is 2. The number of carbonyl (C=O) groups is 1. The van der Waals surface area contributed by atoms with Crippen LogP contribution in [0.2, 0.25) is 0 Å². The molecule has 3 N–H and O–H groups in total. The summed E-state index contributed by atoms with van der Waals surface area (Å²) in [5.74, 6) is -0.495. The molecule has 1 heterocycles. The van der Waals surface area contributed by atoms with Crippen LogP contribution in [0.3, 0.4) is 0 Å². The molecule has 3 rings (SSSR count). The van der Waals surface area contributed by atoms with Crippen LogP contribution < -0.4 is 14.8 Å². The zero-order valence-corrected chi connectivity index (χ0v) is 14.6. The number of imidazole rings is 1. The fraction of sp³-hybridized carbons (Fsp3) is 0.0588. The number of para-hydroxylation sites is 2. The predicted molar refractivity (Wildman–Crippen MR) is 95.9 cm³/mol. The summed E-state index contributed by atoms with van der Waals surface area (Å²) in [6, 6.07) is 12.3. The van der Waals surface area contributed by atoms with Crippen molar-refractivity contribution in [3.05, 3.63) is 66.6 Å². The molecule has 8 nitrogen and oxygen atoms in total. The van der Waals surface area contributed by atoms with Crippen LogP contribution in [0.4, 0.5) is 11.5 Å². The van der Waals surface area contributed by atoms with E-state index in [1.54, 1.807) is 24.3 Å². The number of nitrogens with two attached hydrogens (primary N) is 1. The number of sulfonamides is 1. The van der Waals surface area contributed by atoms with Gasteiger partial charge in [0.05, 0.1) is 24.7 Å². The number of nitrogens with one attached hydrogen (secondary N) is 1. The van der Waals surface area contributed by atoms with Crippen LogP contribution in [0.5, 0.6) is 5.75 Å². The van der Waals surface area contributed by atoms with Gasteiger partial charge in [-0.15, -0.1) is 0 Å². The average Bonchev–Trinajstić information content (AvgIpc) is 3.16. The lowest BCUT2D eigenvalue weighted by Gasteiger charge is -2.24. The van der Waals surface area contributed by atoms with E-state index in [0.29, 0.717) is 0 Å². The Morgan fingerprint density at radius 2 is 1.85 bits per heavy atom. The van der Waals surface area contributed by atoms with Crippen molar-refractivity contribution in [2.24, 2.45) is 5.73 Å². The molecule has 134 valence electrons. The predicted octanol–water partition coefficient (Wildman–Crippen LogP) is 2.04. The SMILES string of the molecule is COc1ccccc1S(=O)(=O)N(c1c[nH]cn1)c1ccccc1C(N)=O. The molecule has 0 unspecified atom stereocenters. The Hall–Kier alpha value is -3.33. The minimum Gasteiger partial charge on any atom is -0.495 e. The van der Waals surface area contributed by atoms with E-state index in [2.05, 4.69) is 9.97 Å². The zero-order valence-electron chi connectivity index (χ0n) is 13.8. The Bertz CT molecular complexity index is 1030. The summed E-state index contributed by atoms with van der Waals surface area (Å²) >= 11 is 0. The van der Waals surface area contributed by atoms with Gasteiger partial charge in [0.2, 0.25) is 0 Å². The third kappa shape index (κ3) is 3.00. The van der Waals surface area contributed by atoms with Crippen LogP contribution in [-0.2, 0) is 10.0 Å². The second-order valence-corrected chi connectivity index (χ2v) is 6.98. The van der Waals surface area contributed by atoms with Crippen LogP contribution in [-0.4, -0.2) is 31.4 Å². The molecule has 0 bridgehead atoms. The molecule has 1 amide bonds. The van der Waals surface area contributed by atoms with Crippen LogP contribution in [0, 0.1) is 0 Å². The Balaban J connectivity index is 2.29. The van der Waals surface area contributed by atoms with Crippen molar-refractivity contribution in [3.8, 4) is 5.75 Å². The van der Waals surface area contributed by atoms with Crippen molar-refractivity contribution in [2.75, 3.05) is 11.4 Å². The Morgan fingerprint density at radius 3 is 2.50 bits per heavy atom. The molecular weight excluding hydrogens is 356 g/mol.